The van der Waals surface area contributed by atoms with Crippen LogP contribution >= 0.6 is 0 Å². The number of nitrogens with zero attached hydrogens (tertiary/aromatic N) is 2. The molecule has 0 aromatic carbocycles. The molecule has 0 aliphatic heterocycles. The number of nitrogens with one attached hydrogen (secondary N) is 1. The van der Waals surface area contributed by atoms with Crippen LogP contribution in [0.25, 0.3) is 5.53 Å². The first-order valence-corrected chi connectivity index (χ1v) is 4.94. The van der Waals surface area contributed by atoms with Gasteiger partial charge in [0.05, 0.1) is 0 Å². The van der Waals surface area contributed by atoms with Gasteiger partial charge in [-0.15, -0.1) is 0 Å². The first-order valence-electron chi connectivity index (χ1n) is 4.94. The van der Waals surface area contributed by atoms with Crippen LogP contribution in [0, 0.1) is 0 Å². The molecular formula is C9H20N3-. The molecule has 0 radical (unpaired) electrons. The van der Waals surface area contributed by atoms with E-state index in [1.807, 2.05) is 0 Å². The smallest absolute Gasteiger partial charge is 0.0262 e. The van der Waals surface area contributed by atoms with Gasteiger partial charge < -0.3 is 11.0 Å². The van der Waals surface area contributed by atoms with Gasteiger partial charge in [0.25, 0.3) is 0 Å². The van der Waals surface area contributed by atoms with Crippen LogP contribution in [0.5, 0.6) is 0 Å². The van der Waals surface area contributed by atoms with Gasteiger partial charge in [-0.3, -0.25) is 5.22 Å². The Morgan fingerprint density at radius 2 is 2.00 bits per heavy atom. The molecule has 3 nitrogen and oxygen atoms in total. The van der Waals surface area contributed by atoms with Crippen molar-refractivity contribution in [1.29, 1.82) is 0 Å². The van der Waals surface area contributed by atoms with E-state index in [1.165, 1.54) is 25.7 Å². The van der Waals surface area contributed by atoms with Gasteiger partial charge in [0.15, 0.2) is 0 Å². The monoisotopic (exact) mass is 170 g/mol. The zero-order valence-electron chi connectivity index (χ0n) is 8.21. The van der Waals surface area contributed by atoms with E-state index in [0.717, 1.165) is 12.8 Å². The summed E-state index contributed by atoms with van der Waals surface area (Å²) in [6.45, 7) is 4.31. The average Bonchev–Trinajstić information content (AvgIpc) is 2.10. The summed E-state index contributed by atoms with van der Waals surface area (Å²) in [4.78, 5) is 0. The van der Waals surface area contributed by atoms with Crippen LogP contribution in [-0.4, -0.2) is 6.04 Å². The van der Waals surface area contributed by atoms with E-state index in [1.54, 1.807) is 0 Å². The highest BCUT2D eigenvalue weighted by atomic mass is 15.4. The molecule has 0 spiro atoms. The van der Waals surface area contributed by atoms with Crippen molar-refractivity contribution >= 4 is 0 Å². The maximum absolute atomic E-state index is 8.28. The number of unbranched alkanes of at least 4 members (excludes halogenated alkanes) is 3. The SMILES string of the molecule is CCCCCCC(CC)NN=[N-]. The second kappa shape index (κ2) is 8.50. The average molecular weight is 170 g/mol. The Hall–Kier alpha value is -0.600. The first kappa shape index (κ1) is 11.4. The van der Waals surface area contributed by atoms with E-state index in [-0.39, 0.29) is 0 Å². The highest BCUT2D eigenvalue weighted by molar-refractivity contribution is 4.61. The molecule has 0 saturated heterocycles. The second-order valence-corrected chi connectivity index (χ2v) is 3.18. The Balaban J connectivity index is 3.25. The fourth-order valence-corrected chi connectivity index (χ4v) is 1.26. The van der Waals surface area contributed by atoms with E-state index in [9.17, 15) is 0 Å². The third kappa shape index (κ3) is 6.13. The van der Waals surface area contributed by atoms with Crippen LogP contribution in [0.15, 0.2) is 5.22 Å². The molecule has 3 heteroatoms. The molecule has 1 N–H and O–H groups in total. The van der Waals surface area contributed by atoms with Crippen molar-refractivity contribution in [3.63, 3.8) is 0 Å². The third-order valence-corrected chi connectivity index (χ3v) is 2.14. The summed E-state index contributed by atoms with van der Waals surface area (Å²) in [5, 5.41) is 2.96. The fourth-order valence-electron chi connectivity index (χ4n) is 1.26. The normalized spacial score (nSPS) is 12.5. The van der Waals surface area contributed by atoms with Crippen LogP contribution in [0.3, 0.4) is 0 Å². The number of rotatable bonds is 8. The van der Waals surface area contributed by atoms with E-state index < -0.39 is 0 Å². The van der Waals surface area contributed by atoms with Crippen molar-refractivity contribution in [1.82, 2.24) is 5.43 Å². The molecule has 72 valence electrons. The largest absolute Gasteiger partial charge is 0.411 e. The van der Waals surface area contributed by atoms with Crippen molar-refractivity contribution in [3.8, 4) is 0 Å². The highest BCUT2D eigenvalue weighted by Gasteiger charge is 1.98. The molecule has 0 heterocycles. The maximum Gasteiger partial charge on any atom is -0.0262 e. The Morgan fingerprint density at radius 1 is 1.25 bits per heavy atom. The Labute approximate surface area is 75.4 Å². The minimum absolute atomic E-state index is 0.354. The molecule has 1 unspecified atom stereocenters. The molecule has 0 aromatic rings. The number of hydrogen-bond acceptors (Lipinski definition) is 1. The van der Waals surface area contributed by atoms with Gasteiger partial charge in [-0.2, -0.15) is 0 Å². The van der Waals surface area contributed by atoms with Gasteiger partial charge in [-0.1, -0.05) is 52.4 Å². The summed E-state index contributed by atoms with van der Waals surface area (Å²) < 4.78 is 0. The lowest BCUT2D eigenvalue weighted by Gasteiger charge is -2.18. The first-order chi connectivity index (χ1) is 5.85. The van der Waals surface area contributed by atoms with Gasteiger partial charge in [-0.05, 0) is 6.04 Å². The van der Waals surface area contributed by atoms with Crippen LogP contribution in [-0.2, 0) is 0 Å². The van der Waals surface area contributed by atoms with Crippen LogP contribution in [0.4, 0.5) is 0 Å². The minimum atomic E-state index is 0.354. The zero-order chi connectivity index (χ0) is 9.23. The quantitative estimate of drug-likeness (QED) is 0.339. The molecule has 0 aliphatic rings. The van der Waals surface area contributed by atoms with E-state index in [0.29, 0.717) is 6.04 Å². The van der Waals surface area contributed by atoms with Crippen molar-refractivity contribution in [2.24, 2.45) is 5.22 Å². The fraction of sp³-hybridized carbons (Fsp3) is 1.00. The van der Waals surface area contributed by atoms with E-state index in [2.05, 4.69) is 24.5 Å². The molecule has 0 bridgehead atoms. The molecular weight excluding hydrogens is 150 g/mol. The number of hydrogen-bond donors (Lipinski definition) is 1. The molecule has 0 fully saturated rings. The van der Waals surface area contributed by atoms with E-state index >= 15 is 0 Å². The third-order valence-electron chi connectivity index (χ3n) is 2.14. The standard InChI is InChI=1S/C9H20N3/c1-3-5-6-7-8-9(4-2)11-12-10/h9H,3-8H2,1-2H3,(H-,10,11)/q-1. The summed E-state index contributed by atoms with van der Waals surface area (Å²) in [5.41, 5.74) is 11.0. The predicted molar refractivity (Wildman–Crippen MR) is 51.8 cm³/mol. The van der Waals surface area contributed by atoms with Crippen LogP contribution in [0.2, 0.25) is 0 Å². The lowest BCUT2D eigenvalue weighted by Crippen LogP contribution is -2.22. The lowest BCUT2D eigenvalue weighted by molar-refractivity contribution is 0.454. The van der Waals surface area contributed by atoms with E-state index in [4.69, 9.17) is 5.53 Å². The lowest BCUT2D eigenvalue weighted by atomic mass is 10.1. The minimum Gasteiger partial charge on any atom is -0.411 e. The topological polar surface area (TPSA) is 46.7 Å². The van der Waals surface area contributed by atoms with Crippen LogP contribution in [0.1, 0.15) is 52.4 Å². The van der Waals surface area contributed by atoms with Crippen molar-refractivity contribution in [3.05, 3.63) is 5.53 Å². The van der Waals surface area contributed by atoms with Gasteiger partial charge >= 0.3 is 0 Å². The Bertz CT molecular complexity index is 104. The van der Waals surface area contributed by atoms with Gasteiger partial charge in [0.1, 0.15) is 0 Å². The van der Waals surface area contributed by atoms with Gasteiger partial charge in [-0.25, -0.2) is 0 Å². The molecule has 0 rings (SSSR count). The van der Waals surface area contributed by atoms with Gasteiger partial charge in [0, 0.05) is 0 Å². The predicted octanol–water partition coefficient (Wildman–Crippen LogP) is 3.26. The molecule has 0 aromatic heterocycles. The molecule has 0 amide bonds. The summed E-state index contributed by atoms with van der Waals surface area (Å²) in [7, 11) is 0. The van der Waals surface area contributed by atoms with Crippen LogP contribution < -0.4 is 5.43 Å². The van der Waals surface area contributed by atoms with Crippen molar-refractivity contribution in [2.45, 2.75) is 58.4 Å². The summed E-state index contributed by atoms with van der Waals surface area (Å²) in [5.74, 6) is 0. The second-order valence-electron chi connectivity index (χ2n) is 3.18. The van der Waals surface area contributed by atoms with Crippen molar-refractivity contribution < 1.29 is 0 Å². The maximum atomic E-state index is 8.28. The van der Waals surface area contributed by atoms with Gasteiger partial charge in [0.2, 0.25) is 0 Å². The summed E-state index contributed by atoms with van der Waals surface area (Å²) in [6, 6.07) is 0.354. The summed E-state index contributed by atoms with van der Waals surface area (Å²) in [6.07, 6.45) is 7.24. The molecule has 12 heavy (non-hydrogen) atoms. The Morgan fingerprint density at radius 3 is 2.50 bits per heavy atom. The Kier molecular flexibility index (Phi) is 8.07. The van der Waals surface area contributed by atoms with Crippen molar-refractivity contribution in [2.75, 3.05) is 0 Å². The summed E-state index contributed by atoms with van der Waals surface area (Å²) >= 11 is 0. The molecule has 0 saturated carbocycles. The highest BCUT2D eigenvalue weighted by Crippen LogP contribution is 2.07. The molecule has 1 atom stereocenters. The molecule has 0 aliphatic carbocycles. The zero-order valence-corrected chi connectivity index (χ0v) is 8.21.